The second kappa shape index (κ2) is 5.37. The van der Waals surface area contributed by atoms with Crippen molar-refractivity contribution in [3.8, 4) is 0 Å². The van der Waals surface area contributed by atoms with Crippen LogP contribution in [-0.2, 0) is 9.59 Å². The van der Waals surface area contributed by atoms with Gasteiger partial charge in [-0.15, -0.1) is 0 Å². The molecule has 6 heteroatoms. The van der Waals surface area contributed by atoms with Gasteiger partial charge < -0.3 is 10.0 Å². The predicted molar refractivity (Wildman–Crippen MR) is 84.0 cm³/mol. The highest BCUT2D eigenvalue weighted by atomic mass is 16.4. The van der Waals surface area contributed by atoms with Gasteiger partial charge in [0.25, 0.3) is 5.91 Å². The van der Waals surface area contributed by atoms with E-state index in [1.54, 1.807) is 24.3 Å². The Morgan fingerprint density at radius 2 is 2.00 bits per heavy atom. The van der Waals surface area contributed by atoms with E-state index in [0.717, 1.165) is 0 Å². The Morgan fingerprint density at radius 1 is 1.30 bits per heavy atom. The van der Waals surface area contributed by atoms with E-state index in [1.807, 2.05) is 13.8 Å². The highest BCUT2D eigenvalue weighted by Crippen LogP contribution is 2.44. The third-order valence-corrected chi connectivity index (χ3v) is 4.65. The number of carboxylic acids is 1. The molecule has 0 saturated carbocycles. The van der Waals surface area contributed by atoms with Crippen molar-refractivity contribution < 1.29 is 19.5 Å². The van der Waals surface area contributed by atoms with E-state index in [1.165, 1.54) is 9.80 Å². The summed E-state index contributed by atoms with van der Waals surface area (Å²) in [5.74, 6) is -1.37. The van der Waals surface area contributed by atoms with Gasteiger partial charge >= 0.3 is 5.97 Å². The third-order valence-electron chi connectivity index (χ3n) is 4.65. The molecule has 1 aromatic carbocycles. The monoisotopic (exact) mass is 316 g/mol. The number of fused-ring (bicyclic) bond motifs is 3. The fourth-order valence-corrected chi connectivity index (χ4v) is 3.46. The van der Waals surface area contributed by atoms with E-state index in [9.17, 15) is 19.5 Å². The smallest absolute Gasteiger partial charge is 0.351 e. The van der Waals surface area contributed by atoms with Gasteiger partial charge in [0.05, 0.1) is 11.3 Å². The molecule has 2 heterocycles. The van der Waals surface area contributed by atoms with Crippen LogP contribution in [0, 0.1) is 5.92 Å². The zero-order valence-corrected chi connectivity index (χ0v) is 13.3. The number of rotatable bonds is 4. The standard InChI is InChI=1S/C17H20N2O4/c1-11(2)8-10-18-15(21)12-5-3-4-6-13(12)19-14(20)7-9-17(18,19)16(22)23/h3-6,11H,7-10H2,1-2H3,(H,22,23). The topological polar surface area (TPSA) is 77.9 Å². The van der Waals surface area contributed by atoms with Gasteiger partial charge in [-0.1, -0.05) is 26.0 Å². The average Bonchev–Trinajstić information content (AvgIpc) is 2.86. The highest BCUT2D eigenvalue weighted by molar-refractivity contribution is 6.15. The van der Waals surface area contributed by atoms with Gasteiger partial charge in [-0.3, -0.25) is 14.5 Å². The van der Waals surface area contributed by atoms with Crippen LogP contribution >= 0.6 is 0 Å². The van der Waals surface area contributed by atoms with Crippen molar-refractivity contribution in [1.29, 1.82) is 0 Å². The normalized spacial score (nSPS) is 23.3. The summed E-state index contributed by atoms with van der Waals surface area (Å²) in [5, 5.41) is 9.91. The number of nitrogens with zero attached hydrogens (tertiary/aromatic N) is 2. The lowest BCUT2D eigenvalue weighted by molar-refractivity contribution is -0.150. The quantitative estimate of drug-likeness (QED) is 0.922. The van der Waals surface area contributed by atoms with Gasteiger partial charge in [0.1, 0.15) is 0 Å². The first-order valence-corrected chi connectivity index (χ1v) is 7.87. The maximum atomic E-state index is 12.9. The number of carboxylic acid groups (broad SMARTS) is 1. The minimum Gasteiger partial charge on any atom is -0.478 e. The van der Waals surface area contributed by atoms with E-state index in [0.29, 0.717) is 30.1 Å². The van der Waals surface area contributed by atoms with Crippen molar-refractivity contribution in [3.05, 3.63) is 29.8 Å². The Kier molecular flexibility index (Phi) is 3.62. The Hall–Kier alpha value is -2.37. The van der Waals surface area contributed by atoms with E-state index in [2.05, 4.69) is 0 Å². The molecule has 122 valence electrons. The molecule has 0 spiro atoms. The molecule has 1 N–H and O–H groups in total. The molecule has 6 nitrogen and oxygen atoms in total. The molecule has 2 aliphatic rings. The maximum Gasteiger partial charge on any atom is 0.351 e. The summed E-state index contributed by atoms with van der Waals surface area (Å²) >= 11 is 0. The highest BCUT2D eigenvalue weighted by Gasteiger charge is 2.61. The molecule has 23 heavy (non-hydrogen) atoms. The van der Waals surface area contributed by atoms with Gasteiger partial charge in [0.2, 0.25) is 11.6 Å². The number of carbonyl (C=O) groups is 3. The Labute approximate surface area is 134 Å². The zero-order chi connectivity index (χ0) is 16.8. The van der Waals surface area contributed by atoms with Crippen molar-refractivity contribution in [2.24, 2.45) is 5.92 Å². The molecule has 0 radical (unpaired) electrons. The average molecular weight is 316 g/mol. The molecule has 0 bridgehead atoms. The van der Waals surface area contributed by atoms with Gasteiger partial charge in [-0.2, -0.15) is 0 Å². The van der Waals surface area contributed by atoms with Crippen molar-refractivity contribution in [2.45, 2.75) is 38.8 Å². The molecular formula is C17H20N2O4. The molecular weight excluding hydrogens is 296 g/mol. The van der Waals surface area contributed by atoms with Gasteiger partial charge in [0.15, 0.2) is 0 Å². The first-order chi connectivity index (χ1) is 10.9. The van der Waals surface area contributed by atoms with Crippen LogP contribution in [0.25, 0.3) is 0 Å². The number of amides is 2. The van der Waals surface area contributed by atoms with Crippen LogP contribution in [0.1, 0.15) is 43.5 Å². The van der Waals surface area contributed by atoms with Crippen molar-refractivity contribution >= 4 is 23.5 Å². The fourth-order valence-electron chi connectivity index (χ4n) is 3.46. The zero-order valence-electron chi connectivity index (χ0n) is 13.3. The van der Waals surface area contributed by atoms with Crippen LogP contribution in [0.5, 0.6) is 0 Å². The van der Waals surface area contributed by atoms with Crippen LogP contribution in [0.15, 0.2) is 24.3 Å². The van der Waals surface area contributed by atoms with E-state index >= 15 is 0 Å². The van der Waals surface area contributed by atoms with Crippen molar-refractivity contribution in [2.75, 3.05) is 11.4 Å². The van der Waals surface area contributed by atoms with Gasteiger partial charge in [-0.05, 0) is 24.5 Å². The minimum atomic E-state index is -1.59. The number of benzene rings is 1. The first-order valence-electron chi connectivity index (χ1n) is 7.87. The van der Waals surface area contributed by atoms with Gasteiger partial charge in [-0.25, -0.2) is 4.79 Å². The fraction of sp³-hybridized carbons (Fsp3) is 0.471. The molecule has 2 aliphatic heterocycles. The molecule has 1 atom stereocenters. The molecule has 0 aliphatic carbocycles. The largest absolute Gasteiger partial charge is 0.478 e. The summed E-state index contributed by atoms with van der Waals surface area (Å²) in [7, 11) is 0. The predicted octanol–water partition coefficient (Wildman–Crippen LogP) is 2.10. The number of anilines is 1. The lowest BCUT2D eigenvalue weighted by Crippen LogP contribution is -2.68. The van der Waals surface area contributed by atoms with Crippen LogP contribution < -0.4 is 4.90 Å². The molecule has 2 amide bonds. The summed E-state index contributed by atoms with van der Waals surface area (Å²) < 4.78 is 0. The third kappa shape index (κ3) is 2.12. The van der Waals surface area contributed by atoms with Crippen LogP contribution in [-0.4, -0.2) is 40.0 Å². The molecule has 1 aromatic rings. The summed E-state index contributed by atoms with van der Waals surface area (Å²) in [6.45, 7) is 4.36. The van der Waals surface area contributed by atoms with Gasteiger partial charge in [0, 0.05) is 19.4 Å². The Morgan fingerprint density at radius 3 is 2.65 bits per heavy atom. The minimum absolute atomic E-state index is 0.124. The van der Waals surface area contributed by atoms with Crippen LogP contribution in [0.4, 0.5) is 5.69 Å². The Balaban J connectivity index is 2.17. The van der Waals surface area contributed by atoms with E-state index in [-0.39, 0.29) is 24.7 Å². The first kappa shape index (κ1) is 15.5. The lowest BCUT2D eigenvalue weighted by Gasteiger charge is -2.47. The summed E-state index contributed by atoms with van der Waals surface area (Å²) in [6.07, 6.45) is 0.941. The van der Waals surface area contributed by atoms with E-state index in [4.69, 9.17) is 0 Å². The summed E-state index contributed by atoms with van der Waals surface area (Å²) in [6, 6.07) is 6.74. The summed E-state index contributed by atoms with van der Waals surface area (Å²) in [5.41, 5.74) is -0.788. The molecule has 3 rings (SSSR count). The van der Waals surface area contributed by atoms with Crippen LogP contribution in [0.3, 0.4) is 0 Å². The Bertz CT molecular complexity index is 685. The molecule has 1 saturated heterocycles. The maximum absolute atomic E-state index is 12.9. The van der Waals surface area contributed by atoms with E-state index < -0.39 is 11.6 Å². The number of hydrogen-bond donors (Lipinski definition) is 1. The SMILES string of the molecule is CC(C)CCN1C(=O)c2ccccc2N2C(=O)CCC12C(=O)O. The lowest BCUT2D eigenvalue weighted by atomic mass is 9.95. The number of hydrogen-bond acceptors (Lipinski definition) is 3. The van der Waals surface area contributed by atoms with Crippen molar-refractivity contribution in [3.63, 3.8) is 0 Å². The van der Waals surface area contributed by atoms with Crippen molar-refractivity contribution in [1.82, 2.24) is 4.90 Å². The number of carbonyl (C=O) groups excluding carboxylic acids is 2. The number of aliphatic carboxylic acids is 1. The van der Waals surface area contributed by atoms with Crippen LogP contribution in [0.2, 0.25) is 0 Å². The second-order valence-corrected chi connectivity index (χ2v) is 6.51. The molecule has 0 aromatic heterocycles. The molecule has 1 fully saturated rings. The second-order valence-electron chi connectivity index (χ2n) is 6.51. The summed E-state index contributed by atoms with van der Waals surface area (Å²) in [4.78, 5) is 40.1. The number of para-hydroxylation sites is 1. The molecule has 1 unspecified atom stereocenters.